The minimum Gasteiger partial charge on any atom is -0.478 e. The van der Waals surface area contributed by atoms with E-state index in [2.05, 4.69) is 50.8 Å². The van der Waals surface area contributed by atoms with Crippen molar-refractivity contribution < 1.29 is 31.5 Å². The van der Waals surface area contributed by atoms with Crippen LogP contribution in [-0.2, 0) is 6.18 Å². The molecule has 2 heterocycles. The molecule has 1 unspecified atom stereocenters. The number of rotatable bonds is 7. The van der Waals surface area contributed by atoms with E-state index >= 15 is 4.39 Å². The van der Waals surface area contributed by atoms with Gasteiger partial charge in [-0.25, -0.2) is 13.8 Å². The normalized spacial score (nSPS) is 17.2. The van der Waals surface area contributed by atoms with Gasteiger partial charge in [-0.3, -0.25) is 4.79 Å². The lowest BCUT2D eigenvalue weighted by Gasteiger charge is -2.39. The van der Waals surface area contributed by atoms with Crippen LogP contribution in [0.15, 0.2) is 22.8 Å². The Kier molecular flexibility index (Phi) is 8.90. The van der Waals surface area contributed by atoms with E-state index in [-0.39, 0.29) is 24.2 Å². The van der Waals surface area contributed by atoms with Gasteiger partial charge in [-0.15, -0.1) is 0 Å². The van der Waals surface area contributed by atoms with Gasteiger partial charge in [-0.2, -0.15) is 13.2 Å². The number of nitrogens with one attached hydrogen (secondary N) is 1. The third kappa shape index (κ3) is 7.20. The number of pyridine rings is 1. The zero-order valence-corrected chi connectivity index (χ0v) is 23.9. The van der Waals surface area contributed by atoms with E-state index in [0.29, 0.717) is 31.7 Å². The average molecular weight is 610 g/mol. The Labute approximate surface area is 222 Å². The lowest BCUT2D eigenvalue weighted by Crippen LogP contribution is -2.50. The fraction of sp³-hybridized carbons (Fsp3) is 0.500. The molecule has 0 radical (unpaired) electrons. The Morgan fingerprint density at radius 2 is 1.92 bits per heavy atom. The van der Waals surface area contributed by atoms with Crippen molar-refractivity contribution in [2.45, 2.75) is 44.8 Å². The molecule has 6 nitrogen and oxygen atoms in total. The number of carbonyl (C=O) groups excluding carboxylic acids is 1. The summed E-state index contributed by atoms with van der Waals surface area (Å²) in [4.78, 5) is 20.7. The number of piperazine rings is 1. The molecule has 1 fully saturated rings. The van der Waals surface area contributed by atoms with Crippen LogP contribution >= 0.6 is 15.9 Å². The molecule has 37 heavy (non-hydrogen) atoms. The van der Waals surface area contributed by atoms with E-state index in [1.807, 2.05) is 14.0 Å². The number of ether oxygens (including phenoxy) is 1. The Morgan fingerprint density at radius 1 is 1.24 bits per heavy atom. The number of hydrogen-bond donors (Lipinski definition) is 1. The summed E-state index contributed by atoms with van der Waals surface area (Å²) in [6.07, 6.45) is -4.14. The first-order valence-corrected chi connectivity index (χ1v) is 16.2. The molecule has 1 saturated heterocycles. The number of anilines is 2. The molecule has 1 N–H and O–H groups in total. The second kappa shape index (κ2) is 11.2. The predicted octanol–water partition coefficient (Wildman–Crippen LogP) is 6.25. The van der Waals surface area contributed by atoms with Crippen molar-refractivity contribution in [2.24, 2.45) is 0 Å². The van der Waals surface area contributed by atoms with E-state index in [9.17, 15) is 22.4 Å². The first kappa shape index (κ1) is 29.3. The highest BCUT2D eigenvalue weighted by atomic mass is 79.9. The Morgan fingerprint density at radius 3 is 2.51 bits per heavy atom. The molecule has 0 saturated carbocycles. The largest absolute Gasteiger partial charge is 0.478 e. The molecule has 3 rings (SSSR count). The number of hydrogen-bond acceptors (Lipinski definition) is 5. The summed E-state index contributed by atoms with van der Waals surface area (Å²) >= 11 is 2.82. The molecular formula is C24H30BrF5N4O2Si. The molecule has 0 bridgehead atoms. The highest BCUT2D eigenvalue weighted by molar-refractivity contribution is 9.10. The molecular weight excluding hydrogens is 579 g/mol. The number of alkyl halides is 3. The first-order chi connectivity index (χ1) is 17.1. The molecule has 204 valence electrons. The summed E-state index contributed by atoms with van der Waals surface area (Å²) < 4.78 is 76.1. The van der Waals surface area contributed by atoms with Crippen LogP contribution in [0, 0.1) is 11.6 Å². The van der Waals surface area contributed by atoms with Crippen molar-refractivity contribution in [1.29, 1.82) is 0 Å². The van der Waals surface area contributed by atoms with E-state index in [1.54, 1.807) is 4.90 Å². The minimum absolute atomic E-state index is 0.0410. The van der Waals surface area contributed by atoms with E-state index in [1.165, 1.54) is 0 Å². The summed E-state index contributed by atoms with van der Waals surface area (Å²) in [6.45, 7) is 9.84. The number of likely N-dealkylation sites (N-methyl/N-ethyl adjacent to an activating group) is 1. The SMILES string of the molecule is CC1CN(c2cc(F)c(Br)c(F)c2NC(=O)c2cnc(OCC[Si](C)(C)C)cc2C(F)(F)F)CCN1C. The van der Waals surface area contributed by atoms with E-state index in [4.69, 9.17) is 4.74 Å². The van der Waals surface area contributed by atoms with Crippen molar-refractivity contribution in [1.82, 2.24) is 9.88 Å². The number of benzene rings is 1. The second-order valence-corrected chi connectivity index (χ2v) is 16.7. The maximum atomic E-state index is 15.2. The average Bonchev–Trinajstić information content (AvgIpc) is 2.79. The zero-order valence-electron chi connectivity index (χ0n) is 21.3. The molecule has 0 aliphatic carbocycles. The van der Waals surface area contributed by atoms with Crippen LogP contribution in [0.4, 0.5) is 33.3 Å². The van der Waals surface area contributed by atoms with Gasteiger partial charge in [0.1, 0.15) is 11.5 Å². The third-order valence-corrected chi connectivity index (χ3v) is 8.64. The van der Waals surface area contributed by atoms with Crippen LogP contribution in [0.1, 0.15) is 22.8 Å². The third-order valence-electron chi connectivity index (χ3n) is 6.21. The summed E-state index contributed by atoms with van der Waals surface area (Å²) in [6, 6.07) is 2.48. The fourth-order valence-electron chi connectivity index (χ4n) is 3.79. The molecule has 0 spiro atoms. The summed E-state index contributed by atoms with van der Waals surface area (Å²) in [5, 5.41) is 2.24. The molecule has 2 aromatic rings. The van der Waals surface area contributed by atoms with Crippen LogP contribution in [-0.4, -0.2) is 63.2 Å². The quantitative estimate of drug-likeness (QED) is 0.229. The van der Waals surface area contributed by atoms with Crippen LogP contribution in [0.5, 0.6) is 5.88 Å². The number of nitrogens with zero attached hydrogens (tertiary/aromatic N) is 3. The molecule has 1 aliphatic rings. The molecule has 13 heteroatoms. The molecule has 1 amide bonds. The van der Waals surface area contributed by atoms with Crippen molar-refractivity contribution in [2.75, 3.05) is 43.5 Å². The van der Waals surface area contributed by atoms with Gasteiger partial charge in [-0.05, 0) is 35.9 Å². The molecule has 1 aliphatic heterocycles. The van der Waals surface area contributed by atoms with Crippen molar-refractivity contribution in [3.8, 4) is 5.88 Å². The van der Waals surface area contributed by atoms with Gasteiger partial charge >= 0.3 is 6.18 Å². The maximum absolute atomic E-state index is 15.2. The smallest absolute Gasteiger partial charge is 0.417 e. The Hall–Kier alpha value is -2.25. The predicted molar refractivity (Wildman–Crippen MR) is 139 cm³/mol. The summed E-state index contributed by atoms with van der Waals surface area (Å²) in [5.41, 5.74) is -2.44. The minimum atomic E-state index is -4.90. The number of amides is 1. The first-order valence-electron chi connectivity index (χ1n) is 11.7. The maximum Gasteiger partial charge on any atom is 0.417 e. The lowest BCUT2D eigenvalue weighted by molar-refractivity contribution is -0.138. The van der Waals surface area contributed by atoms with Crippen molar-refractivity contribution >= 4 is 41.3 Å². The highest BCUT2D eigenvalue weighted by Crippen LogP contribution is 2.38. The summed E-state index contributed by atoms with van der Waals surface area (Å²) in [5.74, 6) is -3.50. The van der Waals surface area contributed by atoms with Crippen LogP contribution in [0.25, 0.3) is 0 Å². The van der Waals surface area contributed by atoms with Gasteiger partial charge in [-0.1, -0.05) is 19.6 Å². The number of aromatic nitrogens is 1. The molecule has 1 aromatic heterocycles. The monoisotopic (exact) mass is 608 g/mol. The molecule has 1 atom stereocenters. The number of halogens is 6. The Balaban J connectivity index is 1.95. The zero-order chi connectivity index (χ0) is 27.7. The second-order valence-electron chi connectivity index (χ2n) is 10.3. The molecule has 1 aromatic carbocycles. The van der Waals surface area contributed by atoms with Crippen LogP contribution in [0.2, 0.25) is 25.7 Å². The van der Waals surface area contributed by atoms with Gasteiger partial charge in [0.05, 0.1) is 27.9 Å². The standard InChI is InChI=1S/C24H30BrF5N4O2Si/c1-14-13-34(7-6-33(14)2)18-11-17(26)20(25)21(27)22(18)32-23(35)15-12-31-19(10-16(15)24(28,29)30)36-8-9-37(3,4)5/h10-12,14H,6-9,13H2,1-5H3,(H,32,35). The lowest BCUT2D eigenvalue weighted by atomic mass is 10.1. The van der Waals surface area contributed by atoms with Crippen LogP contribution < -0.4 is 15.0 Å². The number of carbonyl (C=O) groups is 1. The van der Waals surface area contributed by atoms with Gasteiger partial charge in [0.25, 0.3) is 5.91 Å². The van der Waals surface area contributed by atoms with Crippen molar-refractivity contribution in [3.63, 3.8) is 0 Å². The van der Waals surface area contributed by atoms with Gasteiger partial charge in [0.15, 0.2) is 5.82 Å². The van der Waals surface area contributed by atoms with Gasteiger partial charge < -0.3 is 19.9 Å². The van der Waals surface area contributed by atoms with Crippen molar-refractivity contribution in [3.05, 3.63) is 45.6 Å². The van der Waals surface area contributed by atoms with E-state index in [0.717, 1.165) is 12.3 Å². The van der Waals surface area contributed by atoms with E-state index < -0.39 is 53.1 Å². The Bertz CT molecular complexity index is 1160. The summed E-state index contributed by atoms with van der Waals surface area (Å²) in [7, 11) is 0.427. The highest BCUT2D eigenvalue weighted by Gasteiger charge is 2.37. The van der Waals surface area contributed by atoms with Gasteiger partial charge in [0, 0.05) is 52.1 Å². The topological polar surface area (TPSA) is 57.7 Å². The fourth-order valence-corrected chi connectivity index (χ4v) is 4.82. The van der Waals surface area contributed by atoms with Crippen LogP contribution in [0.3, 0.4) is 0 Å². The van der Waals surface area contributed by atoms with Gasteiger partial charge in [0.2, 0.25) is 5.88 Å².